The number of nitrogens with one attached hydrogen (secondary N) is 2. The number of carbonyl (C=O) groups is 2. The van der Waals surface area contributed by atoms with Crippen molar-refractivity contribution in [1.29, 1.82) is 0 Å². The predicted octanol–water partition coefficient (Wildman–Crippen LogP) is 3.33. The second-order valence-corrected chi connectivity index (χ2v) is 10.6. The molecule has 2 amide bonds. The van der Waals surface area contributed by atoms with E-state index in [4.69, 9.17) is 0 Å². The van der Waals surface area contributed by atoms with E-state index in [1.54, 1.807) is 23.9 Å². The molecule has 0 atom stereocenters. The van der Waals surface area contributed by atoms with E-state index >= 15 is 0 Å². The molecule has 2 aliphatic heterocycles. The zero-order valence-corrected chi connectivity index (χ0v) is 18.9. The van der Waals surface area contributed by atoms with E-state index < -0.39 is 10.0 Å². The molecule has 164 valence electrons. The fraction of sp³-hybridized carbons (Fsp3) is 0.364. The second-order valence-electron chi connectivity index (χ2n) is 7.77. The molecule has 7 nitrogen and oxygen atoms in total. The number of hydrogen-bond acceptors (Lipinski definition) is 5. The number of amides is 2. The van der Waals surface area contributed by atoms with Crippen molar-refractivity contribution in [2.24, 2.45) is 5.92 Å². The van der Waals surface area contributed by atoms with Gasteiger partial charge in [-0.3, -0.25) is 9.59 Å². The summed E-state index contributed by atoms with van der Waals surface area (Å²) in [6.07, 6.45) is 3.83. The van der Waals surface area contributed by atoms with E-state index in [9.17, 15) is 18.0 Å². The number of benzene rings is 2. The van der Waals surface area contributed by atoms with Crippen molar-refractivity contribution in [2.45, 2.75) is 35.5 Å². The van der Waals surface area contributed by atoms with Gasteiger partial charge in [0.25, 0.3) is 0 Å². The molecule has 31 heavy (non-hydrogen) atoms. The Labute approximate surface area is 186 Å². The van der Waals surface area contributed by atoms with Gasteiger partial charge in [0.1, 0.15) is 0 Å². The first-order valence-electron chi connectivity index (χ1n) is 10.2. The number of hydrogen-bond donors (Lipinski definition) is 2. The van der Waals surface area contributed by atoms with Crippen molar-refractivity contribution in [3.05, 3.63) is 48.0 Å². The lowest BCUT2D eigenvalue weighted by atomic mass is 9.97. The Kier molecular flexibility index (Phi) is 6.36. The third kappa shape index (κ3) is 4.78. The average molecular weight is 460 g/mol. The number of aryl methyl sites for hydroxylation is 1. The average Bonchev–Trinajstić information content (AvgIpc) is 2.78. The highest BCUT2D eigenvalue weighted by Crippen LogP contribution is 2.29. The Morgan fingerprint density at radius 2 is 1.90 bits per heavy atom. The minimum atomic E-state index is -3.64. The van der Waals surface area contributed by atoms with Crippen molar-refractivity contribution >= 4 is 45.0 Å². The maximum atomic E-state index is 13.1. The highest BCUT2D eigenvalue weighted by molar-refractivity contribution is 7.98. The van der Waals surface area contributed by atoms with Crippen molar-refractivity contribution in [3.63, 3.8) is 0 Å². The van der Waals surface area contributed by atoms with Gasteiger partial charge in [-0.2, -0.15) is 4.31 Å². The molecule has 2 heterocycles. The summed E-state index contributed by atoms with van der Waals surface area (Å²) in [5.74, 6) is -0.341. The van der Waals surface area contributed by atoms with E-state index in [0.717, 1.165) is 16.1 Å². The van der Waals surface area contributed by atoms with Crippen LogP contribution in [0.4, 0.5) is 11.4 Å². The number of carbonyl (C=O) groups excluding carboxylic acids is 2. The van der Waals surface area contributed by atoms with E-state index in [-0.39, 0.29) is 22.6 Å². The van der Waals surface area contributed by atoms with Crippen LogP contribution < -0.4 is 10.6 Å². The number of fused-ring (bicyclic) bond motifs is 1. The summed E-state index contributed by atoms with van der Waals surface area (Å²) in [6.45, 7) is 0.609. The molecule has 0 spiro atoms. The first-order chi connectivity index (χ1) is 14.9. The molecule has 9 heteroatoms. The van der Waals surface area contributed by atoms with Gasteiger partial charge in [0.15, 0.2) is 0 Å². The molecule has 0 bridgehead atoms. The Hall–Kier alpha value is -2.36. The van der Waals surface area contributed by atoms with E-state index in [0.29, 0.717) is 44.5 Å². The molecular weight excluding hydrogens is 434 g/mol. The zero-order chi connectivity index (χ0) is 22.0. The molecule has 2 N–H and O–H groups in total. The van der Waals surface area contributed by atoms with Crippen LogP contribution >= 0.6 is 11.8 Å². The molecule has 1 saturated heterocycles. The monoisotopic (exact) mass is 459 g/mol. The van der Waals surface area contributed by atoms with Gasteiger partial charge in [-0.1, -0.05) is 6.07 Å². The van der Waals surface area contributed by atoms with Crippen molar-refractivity contribution < 1.29 is 18.0 Å². The lowest BCUT2D eigenvalue weighted by molar-refractivity contribution is -0.121. The molecule has 2 aromatic carbocycles. The second kappa shape index (κ2) is 9.02. The Morgan fingerprint density at radius 1 is 1.13 bits per heavy atom. The summed E-state index contributed by atoms with van der Waals surface area (Å²) < 4.78 is 27.7. The fourth-order valence-corrected chi connectivity index (χ4v) is 5.95. The molecule has 1 fully saturated rings. The van der Waals surface area contributed by atoms with E-state index in [1.807, 2.05) is 30.5 Å². The molecule has 4 rings (SSSR count). The Bertz CT molecular complexity index is 1110. The molecule has 0 aliphatic carbocycles. The number of anilines is 2. The molecule has 0 unspecified atom stereocenters. The van der Waals surface area contributed by atoms with Crippen LogP contribution in [-0.2, 0) is 26.0 Å². The van der Waals surface area contributed by atoms with Crippen LogP contribution in [-0.4, -0.2) is 43.9 Å². The van der Waals surface area contributed by atoms with Gasteiger partial charge in [-0.05, 0) is 67.5 Å². The Balaban J connectivity index is 1.39. The van der Waals surface area contributed by atoms with E-state index in [1.165, 1.54) is 10.4 Å². The fourth-order valence-electron chi connectivity index (χ4n) is 3.97. The quantitative estimate of drug-likeness (QED) is 0.669. The van der Waals surface area contributed by atoms with Crippen LogP contribution in [0.2, 0.25) is 0 Å². The lowest BCUT2D eigenvalue weighted by Gasteiger charge is -2.31. The van der Waals surface area contributed by atoms with Gasteiger partial charge < -0.3 is 10.6 Å². The third-order valence-corrected chi connectivity index (χ3v) is 8.39. The van der Waals surface area contributed by atoms with Crippen LogP contribution in [0.3, 0.4) is 0 Å². The molecular formula is C22H25N3O4S2. The van der Waals surface area contributed by atoms with Gasteiger partial charge in [-0.25, -0.2) is 8.42 Å². The van der Waals surface area contributed by atoms with Crippen LogP contribution in [0.1, 0.15) is 24.8 Å². The van der Waals surface area contributed by atoms with Gasteiger partial charge in [-0.15, -0.1) is 11.8 Å². The smallest absolute Gasteiger partial charge is 0.243 e. The maximum Gasteiger partial charge on any atom is 0.243 e. The van der Waals surface area contributed by atoms with Crippen molar-refractivity contribution in [1.82, 2.24) is 4.31 Å². The van der Waals surface area contributed by atoms with Gasteiger partial charge >= 0.3 is 0 Å². The van der Waals surface area contributed by atoms with Gasteiger partial charge in [0, 0.05) is 41.7 Å². The number of piperidine rings is 1. The predicted molar refractivity (Wildman–Crippen MR) is 122 cm³/mol. The Morgan fingerprint density at radius 3 is 2.65 bits per heavy atom. The largest absolute Gasteiger partial charge is 0.326 e. The van der Waals surface area contributed by atoms with Crippen LogP contribution in [0.5, 0.6) is 0 Å². The zero-order valence-electron chi connectivity index (χ0n) is 17.3. The first-order valence-corrected chi connectivity index (χ1v) is 12.9. The summed E-state index contributed by atoms with van der Waals surface area (Å²) in [4.78, 5) is 25.5. The van der Waals surface area contributed by atoms with Crippen LogP contribution in [0.15, 0.2) is 52.3 Å². The maximum absolute atomic E-state index is 13.1. The number of rotatable bonds is 5. The standard InChI is InChI=1S/C22H25N3O4S2/c1-30-18-4-2-3-17(14-18)23-22(27)15-9-11-25(12-10-15)31(28,29)19-6-7-20-16(13-19)5-8-21(26)24-20/h2-4,6-7,13-15H,5,8-12H2,1H3,(H,23,27)(H,24,26). The van der Waals surface area contributed by atoms with Crippen LogP contribution in [0.25, 0.3) is 0 Å². The van der Waals surface area contributed by atoms with Gasteiger partial charge in [0.05, 0.1) is 4.90 Å². The summed E-state index contributed by atoms with van der Waals surface area (Å²) in [5.41, 5.74) is 2.27. The minimum Gasteiger partial charge on any atom is -0.326 e. The highest BCUT2D eigenvalue weighted by Gasteiger charge is 2.32. The summed E-state index contributed by atoms with van der Waals surface area (Å²) in [7, 11) is -3.64. The normalized spacial score (nSPS) is 17.6. The highest BCUT2D eigenvalue weighted by atomic mass is 32.2. The number of thioether (sulfide) groups is 1. The minimum absolute atomic E-state index is 0.0522. The SMILES string of the molecule is CSc1cccc(NC(=O)C2CCN(S(=O)(=O)c3ccc4c(c3)CCC(=O)N4)CC2)c1. The summed E-state index contributed by atoms with van der Waals surface area (Å²) >= 11 is 1.61. The lowest BCUT2D eigenvalue weighted by Crippen LogP contribution is -2.41. The first kappa shape index (κ1) is 21.9. The van der Waals surface area contributed by atoms with Crippen LogP contribution in [0, 0.1) is 5.92 Å². The van der Waals surface area contributed by atoms with Gasteiger partial charge in [0.2, 0.25) is 21.8 Å². The van der Waals surface area contributed by atoms with Crippen molar-refractivity contribution in [2.75, 3.05) is 30.0 Å². The summed E-state index contributed by atoms with van der Waals surface area (Å²) in [5, 5.41) is 5.72. The van der Waals surface area contributed by atoms with E-state index in [2.05, 4.69) is 10.6 Å². The third-order valence-electron chi connectivity index (χ3n) is 5.77. The molecule has 0 radical (unpaired) electrons. The summed E-state index contributed by atoms with van der Waals surface area (Å²) in [6, 6.07) is 12.5. The molecule has 0 saturated carbocycles. The number of nitrogens with zero attached hydrogens (tertiary/aromatic N) is 1. The number of sulfonamides is 1. The van der Waals surface area contributed by atoms with Crippen molar-refractivity contribution in [3.8, 4) is 0 Å². The topological polar surface area (TPSA) is 95.6 Å². The molecule has 0 aromatic heterocycles. The molecule has 2 aliphatic rings. The molecule has 2 aromatic rings.